The van der Waals surface area contributed by atoms with E-state index < -0.39 is 12.8 Å². The number of halogens is 3. The van der Waals surface area contributed by atoms with E-state index in [0.29, 0.717) is 31.6 Å². The molecule has 0 spiro atoms. The van der Waals surface area contributed by atoms with Gasteiger partial charge in [0.2, 0.25) is 5.88 Å². The van der Waals surface area contributed by atoms with Crippen LogP contribution >= 0.6 is 0 Å². The first-order valence-corrected chi connectivity index (χ1v) is 8.47. The Balaban J connectivity index is 2.26. The summed E-state index contributed by atoms with van der Waals surface area (Å²) < 4.78 is 46.3. The summed E-state index contributed by atoms with van der Waals surface area (Å²) in [6.07, 6.45) is -1.89. The number of rotatable bonds is 10. The third-order valence-corrected chi connectivity index (χ3v) is 3.24. The molecule has 2 N–H and O–H groups in total. The average molecular weight is 376 g/mol. The van der Waals surface area contributed by atoms with Crippen LogP contribution in [0.5, 0.6) is 5.88 Å². The summed E-state index contributed by atoms with van der Waals surface area (Å²) in [7, 11) is 1.65. The quantitative estimate of drug-likeness (QED) is 0.373. The molecule has 0 bridgehead atoms. The molecule has 0 fully saturated rings. The first-order valence-electron chi connectivity index (χ1n) is 8.47. The lowest BCUT2D eigenvalue weighted by Crippen LogP contribution is -2.38. The van der Waals surface area contributed by atoms with Crippen LogP contribution in [0.3, 0.4) is 0 Å². The molecule has 9 heteroatoms. The molecule has 6 nitrogen and oxygen atoms in total. The number of nitrogens with zero attached hydrogens (tertiary/aromatic N) is 2. The molecular formula is C17H27F3N4O2. The van der Waals surface area contributed by atoms with Gasteiger partial charge in [0.1, 0.15) is 0 Å². The van der Waals surface area contributed by atoms with Crippen LogP contribution in [0.1, 0.15) is 25.8 Å². The van der Waals surface area contributed by atoms with Crippen LogP contribution in [0, 0.1) is 5.92 Å². The van der Waals surface area contributed by atoms with E-state index in [0.717, 1.165) is 18.6 Å². The van der Waals surface area contributed by atoms with Crippen LogP contribution in [-0.4, -0.2) is 50.5 Å². The van der Waals surface area contributed by atoms with E-state index >= 15 is 0 Å². The molecule has 26 heavy (non-hydrogen) atoms. The molecule has 0 saturated heterocycles. The zero-order chi connectivity index (χ0) is 19.4. The fraction of sp³-hybridized carbons (Fsp3) is 0.647. The Morgan fingerprint density at radius 3 is 2.58 bits per heavy atom. The number of alkyl halides is 3. The number of pyridine rings is 1. The van der Waals surface area contributed by atoms with Crippen molar-refractivity contribution in [3.63, 3.8) is 0 Å². The van der Waals surface area contributed by atoms with Crippen LogP contribution in [0.2, 0.25) is 0 Å². The van der Waals surface area contributed by atoms with Gasteiger partial charge in [0, 0.05) is 39.0 Å². The summed E-state index contributed by atoms with van der Waals surface area (Å²) in [6.45, 7) is 5.32. The summed E-state index contributed by atoms with van der Waals surface area (Å²) in [5.41, 5.74) is 0.792. The molecular weight excluding hydrogens is 349 g/mol. The SMILES string of the molecule is CN=C(NCCOCCC(C)C)NCc1ccc(OCC(F)(F)F)nc1. The maximum absolute atomic E-state index is 12.1. The minimum atomic E-state index is -4.38. The van der Waals surface area contributed by atoms with Crippen molar-refractivity contribution in [3.8, 4) is 5.88 Å². The number of nitrogens with one attached hydrogen (secondary N) is 2. The Labute approximate surface area is 152 Å². The van der Waals surface area contributed by atoms with Crippen molar-refractivity contribution in [2.24, 2.45) is 10.9 Å². The fourth-order valence-electron chi connectivity index (χ4n) is 1.83. The average Bonchev–Trinajstić information content (AvgIpc) is 2.58. The number of hydrogen-bond acceptors (Lipinski definition) is 4. The molecule has 1 aromatic heterocycles. The van der Waals surface area contributed by atoms with Gasteiger partial charge in [0.05, 0.1) is 6.61 Å². The van der Waals surface area contributed by atoms with Crippen LogP contribution in [0.4, 0.5) is 13.2 Å². The summed E-state index contributed by atoms with van der Waals surface area (Å²) in [6, 6.07) is 3.05. The van der Waals surface area contributed by atoms with Gasteiger partial charge < -0.3 is 20.1 Å². The van der Waals surface area contributed by atoms with Gasteiger partial charge in [-0.15, -0.1) is 0 Å². The van der Waals surface area contributed by atoms with Gasteiger partial charge in [0.15, 0.2) is 12.6 Å². The van der Waals surface area contributed by atoms with E-state index in [1.54, 1.807) is 13.1 Å². The van der Waals surface area contributed by atoms with E-state index in [2.05, 4.69) is 39.2 Å². The van der Waals surface area contributed by atoms with Gasteiger partial charge in [-0.2, -0.15) is 13.2 Å². The minimum absolute atomic E-state index is 0.0628. The number of ether oxygens (including phenoxy) is 2. The van der Waals surface area contributed by atoms with E-state index in [1.165, 1.54) is 12.3 Å². The lowest BCUT2D eigenvalue weighted by atomic mass is 10.1. The highest BCUT2D eigenvalue weighted by Gasteiger charge is 2.28. The van der Waals surface area contributed by atoms with E-state index in [4.69, 9.17) is 4.74 Å². The van der Waals surface area contributed by atoms with Gasteiger partial charge in [-0.3, -0.25) is 4.99 Å². The zero-order valence-corrected chi connectivity index (χ0v) is 15.4. The third-order valence-electron chi connectivity index (χ3n) is 3.24. The first kappa shape index (κ1) is 22.0. The molecule has 0 atom stereocenters. The predicted molar refractivity (Wildman–Crippen MR) is 94.3 cm³/mol. The summed E-state index contributed by atoms with van der Waals surface area (Å²) in [5.74, 6) is 1.17. The molecule has 0 saturated carbocycles. The third kappa shape index (κ3) is 10.8. The Morgan fingerprint density at radius 2 is 2.00 bits per heavy atom. The monoisotopic (exact) mass is 376 g/mol. The zero-order valence-electron chi connectivity index (χ0n) is 15.4. The topological polar surface area (TPSA) is 67.8 Å². The van der Waals surface area contributed by atoms with Gasteiger partial charge in [-0.25, -0.2) is 4.98 Å². The highest BCUT2D eigenvalue weighted by molar-refractivity contribution is 5.79. The smallest absolute Gasteiger partial charge is 0.422 e. The standard InChI is InChI=1S/C17H27F3N4O2/c1-13(2)6-8-25-9-7-22-16(21-3)24-11-14-4-5-15(23-10-14)26-12-17(18,19)20/h4-5,10,13H,6-9,11-12H2,1-3H3,(H2,21,22,24). The second-order valence-corrected chi connectivity index (χ2v) is 6.06. The molecule has 0 aliphatic carbocycles. The summed E-state index contributed by atoms with van der Waals surface area (Å²) >= 11 is 0. The molecule has 148 valence electrons. The van der Waals surface area contributed by atoms with Crippen molar-refractivity contribution in [1.29, 1.82) is 0 Å². The molecule has 1 rings (SSSR count). The van der Waals surface area contributed by atoms with Gasteiger partial charge in [-0.05, 0) is 17.9 Å². The fourth-order valence-corrected chi connectivity index (χ4v) is 1.83. The molecule has 1 heterocycles. The Kier molecular flexibility index (Phi) is 9.79. The first-order chi connectivity index (χ1) is 12.3. The van der Waals surface area contributed by atoms with Crippen molar-refractivity contribution in [1.82, 2.24) is 15.6 Å². The van der Waals surface area contributed by atoms with Crippen molar-refractivity contribution in [3.05, 3.63) is 23.9 Å². The van der Waals surface area contributed by atoms with Gasteiger partial charge in [0.25, 0.3) is 0 Å². The molecule has 0 aliphatic heterocycles. The van der Waals surface area contributed by atoms with Crippen molar-refractivity contribution in [2.75, 3.05) is 33.4 Å². The number of aromatic nitrogens is 1. The van der Waals surface area contributed by atoms with Gasteiger partial charge >= 0.3 is 6.18 Å². The van der Waals surface area contributed by atoms with E-state index in [-0.39, 0.29) is 5.88 Å². The highest BCUT2D eigenvalue weighted by atomic mass is 19.4. The van der Waals surface area contributed by atoms with Crippen LogP contribution in [-0.2, 0) is 11.3 Å². The number of aliphatic imine (C=N–C) groups is 1. The molecule has 0 radical (unpaired) electrons. The van der Waals surface area contributed by atoms with Crippen molar-refractivity contribution in [2.45, 2.75) is 33.0 Å². The number of hydrogen-bond donors (Lipinski definition) is 2. The second-order valence-electron chi connectivity index (χ2n) is 6.06. The normalized spacial score (nSPS) is 12.3. The van der Waals surface area contributed by atoms with Crippen molar-refractivity contribution < 1.29 is 22.6 Å². The Hall–Kier alpha value is -2.03. The maximum atomic E-state index is 12.1. The van der Waals surface area contributed by atoms with Crippen LogP contribution < -0.4 is 15.4 Å². The molecule has 1 aromatic rings. The largest absolute Gasteiger partial charge is 0.468 e. The molecule has 0 aromatic carbocycles. The van der Waals surface area contributed by atoms with Crippen LogP contribution in [0.25, 0.3) is 0 Å². The number of guanidine groups is 1. The van der Waals surface area contributed by atoms with E-state index in [1.807, 2.05) is 0 Å². The Morgan fingerprint density at radius 1 is 1.23 bits per heavy atom. The van der Waals surface area contributed by atoms with Crippen molar-refractivity contribution >= 4 is 5.96 Å². The highest BCUT2D eigenvalue weighted by Crippen LogP contribution is 2.16. The maximum Gasteiger partial charge on any atom is 0.422 e. The second kappa shape index (κ2) is 11.6. The minimum Gasteiger partial charge on any atom is -0.468 e. The van der Waals surface area contributed by atoms with Gasteiger partial charge in [-0.1, -0.05) is 19.9 Å². The molecule has 0 aliphatic rings. The predicted octanol–water partition coefficient (Wildman–Crippen LogP) is 2.75. The molecule has 0 unspecified atom stereocenters. The molecule has 0 amide bonds. The lowest BCUT2D eigenvalue weighted by Gasteiger charge is -2.13. The summed E-state index contributed by atoms with van der Waals surface area (Å²) in [5, 5.41) is 6.21. The van der Waals surface area contributed by atoms with E-state index in [9.17, 15) is 13.2 Å². The summed E-state index contributed by atoms with van der Waals surface area (Å²) in [4.78, 5) is 7.95. The Bertz CT molecular complexity index is 534. The lowest BCUT2D eigenvalue weighted by molar-refractivity contribution is -0.154. The van der Waals surface area contributed by atoms with Crippen LogP contribution in [0.15, 0.2) is 23.3 Å².